The van der Waals surface area contributed by atoms with Gasteiger partial charge < -0.3 is 9.30 Å². The van der Waals surface area contributed by atoms with Gasteiger partial charge in [0, 0.05) is 6.04 Å². The normalized spacial score (nSPS) is 19.5. The van der Waals surface area contributed by atoms with Crippen LogP contribution in [0.25, 0.3) is 11.0 Å². The van der Waals surface area contributed by atoms with Crippen LogP contribution in [0.4, 0.5) is 4.79 Å². The molecular formula is C23H23N3O3S. The van der Waals surface area contributed by atoms with Gasteiger partial charge in [-0.1, -0.05) is 48.9 Å². The number of nitrogens with zero attached hydrogens (tertiary/aromatic N) is 2. The van der Waals surface area contributed by atoms with Gasteiger partial charge in [0.2, 0.25) is 5.91 Å². The van der Waals surface area contributed by atoms with Crippen LogP contribution in [0, 0.1) is 0 Å². The molecule has 7 heteroatoms. The Hall–Kier alpha value is -2.80. The lowest BCUT2D eigenvalue weighted by atomic mass is 10.1. The second-order valence-electron chi connectivity index (χ2n) is 7.84. The van der Waals surface area contributed by atoms with Gasteiger partial charge in [-0.2, -0.15) is 0 Å². The van der Waals surface area contributed by atoms with E-state index in [0.717, 1.165) is 34.4 Å². The van der Waals surface area contributed by atoms with Crippen molar-refractivity contribution in [3.63, 3.8) is 0 Å². The standard InChI is InChI=1S/C23H23N3O3S/c27-22-20(30-23(28)25-22)13-15-9-11-17(12-10-15)29-14-21-24-18-7-3-4-8-19(18)26(21)16-5-1-2-6-16/h3-4,7-12,16,20H,1-2,5-6,13-14H2,(H,25,27,28). The van der Waals surface area contributed by atoms with Crippen LogP contribution in [0.15, 0.2) is 48.5 Å². The van der Waals surface area contributed by atoms with Crippen LogP contribution in [-0.2, 0) is 17.8 Å². The number of ether oxygens (including phenoxy) is 1. The summed E-state index contributed by atoms with van der Waals surface area (Å²) < 4.78 is 8.43. The largest absolute Gasteiger partial charge is 0.486 e. The Labute approximate surface area is 179 Å². The molecule has 0 spiro atoms. The van der Waals surface area contributed by atoms with Crippen LogP contribution >= 0.6 is 11.8 Å². The number of hydrogen-bond donors (Lipinski definition) is 1. The maximum atomic E-state index is 11.7. The van der Waals surface area contributed by atoms with Crippen molar-refractivity contribution in [3.05, 3.63) is 59.9 Å². The number of amides is 2. The third kappa shape index (κ3) is 3.81. The minimum atomic E-state index is -0.351. The third-order valence-corrected chi connectivity index (χ3v) is 6.82. The van der Waals surface area contributed by atoms with Crippen LogP contribution < -0.4 is 10.1 Å². The molecule has 0 radical (unpaired) electrons. The van der Waals surface area contributed by atoms with Gasteiger partial charge in [0.25, 0.3) is 5.24 Å². The number of nitrogens with one attached hydrogen (secondary N) is 1. The Morgan fingerprint density at radius 1 is 1.07 bits per heavy atom. The quantitative estimate of drug-likeness (QED) is 0.628. The fourth-order valence-electron chi connectivity index (χ4n) is 4.38. The van der Waals surface area contributed by atoms with Crippen LogP contribution in [0.2, 0.25) is 0 Å². The van der Waals surface area contributed by atoms with Gasteiger partial charge in [0.05, 0.1) is 16.3 Å². The number of fused-ring (bicyclic) bond motifs is 1. The van der Waals surface area contributed by atoms with E-state index in [1.54, 1.807) is 0 Å². The predicted molar refractivity (Wildman–Crippen MR) is 117 cm³/mol. The molecule has 30 heavy (non-hydrogen) atoms. The number of imidazole rings is 1. The zero-order valence-electron chi connectivity index (χ0n) is 16.5. The summed E-state index contributed by atoms with van der Waals surface area (Å²) in [5, 5.41) is 1.71. The molecule has 2 fully saturated rings. The number of thioether (sulfide) groups is 1. The minimum absolute atomic E-state index is 0.212. The zero-order chi connectivity index (χ0) is 20.5. The number of hydrogen-bond acceptors (Lipinski definition) is 5. The fourth-order valence-corrected chi connectivity index (χ4v) is 5.24. The molecule has 1 aliphatic carbocycles. The first-order valence-electron chi connectivity index (χ1n) is 10.4. The van der Waals surface area contributed by atoms with Crippen molar-refractivity contribution in [3.8, 4) is 5.75 Å². The first-order valence-corrected chi connectivity index (χ1v) is 11.2. The molecule has 1 unspecified atom stereocenters. The SMILES string of the molecule is O=C1NC(=O)C(Cc2ccc(OCc3nc4ccccc4n3C3CCCC3)cc2)S1. The summed E-state index contributed by atoms with van der Waals surface area (Å²) in [7, 11) is 0. The topological polar surface area (TPSA) is 73.2 Å². The zero-order valence-corrected chi connectivity index (χ0v) is 17.4. The Morgan fingerprint density at radius 2 is 1.83 bits per heavy atom. The van der Waals surface area contributed by atoms with Crippen molar-refractivity contribution < 1.29 is 14.3 Å². The van der Waals surface area contributed by atoms with E-state index in [0.29, 0.717) is 19.1 Å². The van der Waals surface area contributed by atoms with Crippen LogP contribution in [-0.4, -0.2) is 25.9 Å². The summed E-state index contributed by atoms with van der Waals surface area (Å²) in [6.07, 6.45) is 5.44. The molecular weight excluding hydrogens is 398 g/mol. The van der Waals surface area contributed by atoms with Crippen LogP contribution in [0.3, 0.4) is 0 Å². The summed E-state index contributed by atoms with van der Waals surface area (Å²) >= 11 is 1.05. The van der Waals surface area contributed by atoms with Crippen molar-refractivity contribution in [2.75, 3.05) is 0 Å². The molecule has 1 saturated carbocycles. The second kappa shape index (κ2) is 8.14. The van der Waals surface area contributed by atoms with E-state index in [-0.39, 0.29) is 16.4 Å². The second-order valence-corrected chi connectivity index (χ2v) is 9.02. The highest BCUT2D eigenvalue weighted by Crippen LogP contribution is 2.34. The molecule has 2 amide bonds. The number of carbonyl (C=O) groups excluding carboxylic acids is 2. The molecule has 6 nitrogen and oxygen atoms in total. The lowest BCUT2D eigenvalue weighted by Crippen LogP contribution is -2.25. The van der Waals surface area contributed by atoms with E-state index < -0.39 is 0 Å². The summed E-state index contributed by atoms with van der Waals surface area (Å²) in [4.78, 5) is 27.9. The van der Waals surface area contributed by atoms with Gasteiger partial charge in [-0.15, -0.1) is 0 Å². The molecule has 1 N–H and O–H groups in total. The molecule has 1 aliphatic heterocycles. The molecule has 1 atom stereocenters. The van der Waals surface area contributed by atoms with Gasteiger partial charge in [-0.25, -0.2) is 4.98 Å². The number of para-hydroxylation sites is 2. The number of benzene rings is 2. The average molecular weight is 422 g/mol. The maximum Gasteiger partial charge on any atom is 0.286 e. The summed E-state index contributed by atoms with van der Waals surface area (Å²) in [5.74, 6) is 1.52. The lowest BCUT2D eigenvalue weighted by Gasteiger charge is -2.17. The van der Waals surface area contributed by atoms with Crippen molar-refractivity contribution in [1.29, 1.82) is 0 Å². The molecule has 1 saturated heterocycles. The van der Waals surface area contributed by atoms with Gasteiger partial charge in [-0.3, -0.25) is 14.9 Å². The molecule has 1 aromatic heterocycles. The Morgan fingerprint density at radius 3 is 2.57 bits per heavy atom. The molecule has 5 rings (SSSR count). The number of aromatic nitrogens is 2. The minimum Gasteiger partial charge on any atom is -0.486 e. The van der Waals surface area contributed by atoms with Crippen molar-refractivity contribution in [2.24, 2.45) is 0 Å². The lowest BCUT2D eigenvalue weighted by molar-refractivity contribution is -0.118. The number of imide groups is 1. The first-order chi connectivity index (χ1) is 14.7. The van der Waals surface area contributed by atoms with Crippen LogP contribution in [0.1, 0.15) is 43.1 Å². The fraction of sp³-hybridized carbons (Fsp3) is 0.348. The monoisotopic (exact) mass is 421 g/mol. The highest BCUT2D eigenvalue weighted by Gasteiger charge is 2.31. The van der Waals surface area contributed by atoms with Gasteiger partial charge in [0.1, 0.15) is 18.2 Å². The van der Waals surface area contributed by atoms with Gasteiger partial charge in [-0.05, 0) is 49.1 Å². The summed E-state index contributed by atoms with van der Waals surface area (Å²) in [6.45, 7) is 0.417. The number of carbonyl (C=O) groups is 2. The van der Waals surface area contributed by atoms with Gasteiger partial charge >= 0.3 is 0 Å². The van der Waals surface area contributed by atoms with E-state index >= 15 is 0 Å². The molecule has 2 aromatic carbocycles. The van der Waals surface area contributed by atoms with E-state index in [1.165, 1.54) is 31.2 Å². The highest BCUT2D eigenvalue weighted by atomic mass is 32.2. The Kier molecular flexibility index (Phi) is 5.21. The Balaban J connectivity index is 1.29. The van der Waals surface area contributed by atoms with Crippen molar-refractivity contribution >= 4 is 33.9 Å². The third-order valence-electron chi connectivity index (χ3n) is 5.84. The van der Waals surface area contributed by atoms with E-state index in [9.17, 15) is 9.59 Å². The van der Waals surface area contributed by atoms with E-state index in [2.05, 4.69) is 28.1 Å². The van der Waals surface area contributed by atoms with E-state index in [4.69, 9.17) is 9.72 Å². The van der Waals surface area contributed by atoms with E-state index in [1.807, 2.05) is 30.3 Å². The molecule has 154 valence electrons. The smallest absolute Gasteiger partial charge is 0.286 e. The summed E-state index contributed by atoms with van der Waals surface area (Å²) in [6, 6.07) is 16.5. The van der Waals surface area contributed by atoms with Crippen molar-refractivity contribution in [1.82, 2.24) is 14.9 Å². The molecule has 2 heterocycles. The van der Waals surface area contributed by atoms with Crippen molar-refractivity contribution in [2.45, 2.75) is 50.0 Å². The number of rotatable bonds is 6. The highest BCUT2D eigenvalue weighted by molar-refractivity contribution is 8.15. The van der Waals surface area contributed by atoms with Gasteiger partial charge in [0.15, 0.2) is 0 Å². The first kappa shape index (κ1) is 19.2. The Bertz CT molecular complexity index is 1090. The molecule has 3 aromatic rings. The maximum absolute atomic E-state index is 11.7. The van der Waals surface area contributed by atoms with Crippen LogP contribution in [0.5, 0.6) is 5.75 Å². The molecule has 2 aliphatic rings. The average Bonchev–Trinajstić information content (AvgIpc) is 3.46. The summed E-state index contributed by atoms with van der Waals surface area (Å²) in [5.41, 5.74) is 3.20. The molecule has 0 bridgehead atoms. The predicted octanol–water partition coefficient (Wildman–Crippen LogP) is 4.62.